The largest absolute Gasteiger partial charge is 0.405 e. The zero-order valence-electron chi connectivity index (χ0n) is 5.42. The molecule has 52 valence electrons. The van der Waals surface area contributed by atoms with Crippen LogP contribution >= 0.6 is 0 Å². The van der Waals surface area contributed by atoms with Gasteiger partial charge in [-0.05, 0) is 30.0 Å². The van der Waals surface area contributed by atoms with Gasteiger partial charge in [-0.25, -0.2) is 4.39 Å². The van der Waals surface area contributed by atoms with Crippen molar-refractivity contribution in [3.05, 3.63) is 41.8 Å². The smallest absolute Gasteiger partial charge is 0.123 e. The summed E-state index contributed by atoms with van der Waals surface area (Å²) in [6.45, 7) is 0. The van der Waals surface area contributed by atoms with Crippen LogP contribution in [0.2, 0.25) is 0 Å². The number of rotatable bonds is 1. The first-order valence-electron chi connectivity index (χ1n) is 2.97. The fraction of sp³-hybridized carbons (Fsp3) is 0. The predicted molar refractivity (Wildman–Crippen MR) is 39.6 cm³/mol. The molecule has 0 aliphatic carbocycles. The molecular formula is C8H8FN. The highest BCUT2D eigenvalue weighted by atomic mass is 19.1. The number of hydrogen-bond acceptors (Lipinski definition) is 1. The van der Waals surface area contributed by atoms with E-state index in [-0.39, 0.29) is 5.82 Å². The Bertz CT molecular complexity index is 226. The summed E-state index contributed by atoms with van der Waals surface area (Å²) < 4.78 is 12.3. The van der Waals surface area contributed by atoms with Gasteiger partial charge in [-0.2, -0.15) is 0 Å². The molecule has 2 heteroatoms. The maximum absolute atomic E-state index is 12.3. The van der Waals surface area contributed by atoms with E-state index in [4.69, 9.17) is 5.73 Å². The third-order valence-corrected chi connectivity index (χ3v) is 1.16. The molecule has 2 N–H and O–H groups in total. The van der Waals surface area contributed by atoms with Crippen molar-refractivity contribution in [3.8, 4) is 0 Å². The summed E-state index contributed by atoms with van der Waals surface area (Å²) in [6, 6.07) is 6.13. The fourth-order valence-corrected chi connectivity index (χ4v) is 0.685. The van der Waals surface area contributed by atoms with Gasteiger partial charge in [0.1, 0.15) is 5.82 Å². The van der Waals surface area contributed by atoms with Crippen molar-refractivity contribution in [3.63, 3.8) is 0 Å². The van der Waals surface area contributed by atoms with Gasteiger partial charge in [-0.3, -0.25) is 0 Å². The molecule has 1 rings (SSSR count). The zero-order valence-corrected chi connectivity index (χ0v) is 5.42. The minimum absolute atomic E-state index is 0.228. The maximum Gasteiger partial charge on any atom is 0.123 e. The Morgan fingerprint density at radius 1 is 1.20 bits per heavy atom. The van der Waals surface area contributed by atoms with Crippen molar-refractivity contribution in [2.24, 2.45) is 5.73 Å². The van der Waals surface area contributed by atoms with Crippen LogP contribution in [0.3, 0.4) is 0 Å². The van der Waals surface area contributed by atoms with E-state index in [1.807, 2.05) is 0 Å². The van der Waals surface area contributed by atoms with Crippen LogP contribution in [0.15, 0.2) is 30.5 Å². The molecule has 0 fully saturated rings. The first kappa shape index (κ1) is 6.81. The van der Waals surface area contributed by atoms with E-state index in [1.165, 1.54) is 18.3 Å². The number of nitrogens with two attached hydrogens (primary N) is 1. The van der Waals surface area contributed by atoms with E-state index in [2.05, 4.69) is 0 Å². The molecule has 0 aliphatic heterocycles. The van der Waals surface area contributed by atoms with Gasteiger partial charge in [-0.15, -0.1) is 0 Å². The molecule has 0 unspecified atom stereocenters. The van der Waals surface area contributed by atoms with Crippen molar-refractivity contribution in [1.82, 2.24) is 0 Å². The second-order valence-electron chi connectivity index (χ2n) is 1.91. The van der Waals surface area contributed by atoms with Gasteiger partial charge < -0.3 is 5.73 Å². The number of halogens is 1. The van der Waals surface area contributed by atoms with Crippen LogP contribution < -0.4 is 5.73 Å². The zero-order chi connectivity index (χ0) is 7.40. The van der Waals surface area contributed by atoms with Gasteiger partial charge in [-0.1, -0.05) is 12.1 Å². The van der Waals surface area contributed by atoms with E-state index in [0.717, 1.165) is 5.56 Å². The Kier molecular flexibility index (Phi) is 2.05. The molecule has 0 saturated heterocycles. The van der Waals surface area contributed by atoms with E-state index in [1.54, 1.807) is 18.2 Å². The predicted octanol–water partition coefficient (Wildman–Crippen LogP) is 1.76. The molecule has 0 radical (unpaired) electrons. The molecule has 0 amide bonds. The minimum atomic E-state index is -0.228. The lowest BCUT2D eigenvalue weighted by Gasteiger charge is -1.89. The first-order chi connectivity index (χ1) is 4.83. The van der Waals surface area contributed by atoms with Crippen molar-refractivity contribution >= 4 is 6.08 Å². The van der Waals surface area contributed by atoms with E-state index in [0.29, 0.717) is 0 Å². The lowest BCUT2D eigenvalue weighted by Crippen LogP contribution is -1.78. The van der Waals surface area contributed by atoms with Crippen molar-refractivity contribution in [1.29, 1.82) is 0 Å². The topological polar surface area (TPSA) is 26.0 Å². The summed E-state index contributed by atoms with van der Waals surface area (Å²) in [5.41, 5.74) is 6.03. The van der Waals surface area contributed by atoms with E-state index in [9.17, 15) is 4.39 Å². The second kappa shape index (κ2) is 3.01. The third kappa shape index (κ3) is 1.58. The van der Waals surface area contributed by atoms with Crippen molar-refractivity contribution < 1.29 is 4.39 Å². The molecule has 0 bridgehead atoms. The van der Waals surface area contributed by atoms with Crippen LogP contribution in [0.4, 0.5) is 4.39 Å². The van der Waals surface area contributed by atoms with Crippen LogP contribution in [-0.4, -0.2) is 0 Å². The van der Waals surface area contributed by atoms with Gasteiger partial charge in [0, 0.05) is 0 Å². The van der Waals surface area contributed by atoms with Crippen molar-refractivity contribution in [2.75, 3.05) is 0 Å². The van der Waals surface area contributed by atoms with Crippen LogP contribution in [0.5, 0.6) is 0 Å². The summed E-state index contributed by atoms with van der Waals surface area (Å²) in [7, 11) is 0. The summed E-state index contributed by atoms with van der Waals surface area (Å²) in [5.74, 6) is -0.228. The molecule has 10 heavy (non-hydrogen) atoms. The van der Waals surface area contributed by atoms with Gasteiger partial charge in [0.25, 0.3) is 0 Å². The van der Waals surface area contributed by atoms with Crippen LogP contribution in [0.1, 0.15) is 5.56 Å². The van der Waals surface area contributed by atoms with Gasteiger partial charge in [0.15, 0.2) is 0 Å². The Morgan fingerprint density at radius 2 is 1.80 bits per heavy atom. The Morgan fingerprint density at radius 3 is 2.30 bits per heavy atom. The standard InChI is InChI=1S/C8H8FN/c9-8-3-1-7(2-4-8)5-6-10/h1-6H,10H2/b6-5+. The van der Waals surface area contributed by atoms with E-state index < -0.39 is 0 Å². The Labute approximate surface area is 59.0 Å². The molecule has 0 spiro atoms. The monoisotopic (exact) mass is 137 g/mol. The number of benzene rings is 1. The summed E-state index contributed by atoms with van der Waals surface area (Å²) in [5, 5.41) is 0. The molecular weight excluding hydrogens is 129 g/mol. The lowest BCUT2D eigenvalue weighted by atomic mass is 10.2. The fourth-order valence-electron chi connectivity index (χ4n) is 0.685. The molecule has 0 aromatic heterocycles. The summed E-state index contributed by atoms with van der Waals surface area (Å²) in [6.07, 6.45) is 3.13. The molecule has 1 nitrogen and oxygen atoms in total. The number of hydrogen-bond donors (Lipinski definition) is 1. The summed E-state index contributed by atoms with van der Waals surface area (Å²) >= 11 is 0. The highest BCUT2D eigenvalue weighted by molar-refractivity contribution is 5.47. The Hall–Kier alpha value is -1.31. The van der Waals surface area contributed by atoms with Crippen LogP contribution in [0.25, 0.3) is 6.08 Å². The molecule has 0 atom stereocenters. The van der Waals surface area contributed by atoms with E-state index >= 15 is 0 Å². The average Bonchev–Trinajstić information content (AvgIpc) is 1.95. The van der Waals surface area contributed by atoms with Gasteiger partial charge in [0.2, 0.25) is 0 Å². The highest BCUT2D eigenvalue weighted by Crippen LogP contribution is 2.03. The van der Waals surface area contributed by atoms with Crippen LogP contribution in [0, 0.1) is 5.82 Å². The molecule has 0 heterocycles. The SMILES string of the molecule is N/C=C/c1ccc(F)cc1. The third-order valence-electron chi connectivity index (χ3n) is 1.16. The van der Waals surface area contributed by atoms with Crippen molar-refractivity contribution in [2.45, 2.75) is 0 Å². The van der Waals surface area contributed by atoms with Gasteiger partial charge in [0.05, 0.1) is 0 Å². The van der Waals surface area contributed by atoms with Gasteiger partial charge >= 0.3 is 0 Å². The minimum Gasteiger partial charge on any atom is -0.405 e. The maximum atomic E-state index is 12.3. The summed E-state index contributed by atoms with van der Waals surface area (Å²) in [4.78, 5) is 0. The lowest BCUT2D eigenvalue weighted by molar-refractivity contribution is 0.628. The average molecular weight is 137 g/mol. The normalized spacial score (nSPS) is 10.5. The molecule has 1 aromatic rings. The Balaban J connectivity index is 2.89. The van der Waals surface area contributed by atoms with Crippen LogP contribution in [-0.2, 0) is 0 Å². The highest BCUT2D eigenvalue weighted by Gasteiger charge is 1.86. The first-order valence-corrected chi connectivity index (χ1v) is 2.97. The second-order valence-corrected chi connectivity index (χ2v) is 1.91. The molecule has 1 aromatic carbocycles. The molecule has 0 saturated carbocycles. The quantitative estimate of drug-likeness (QED) is 0.627. The molecule has 0 aliphatic rings.